The molecule has 5 heteroatoms. The molecule has 19 heavy (non-hydrogen) atoms. The predicted molar refractivity (Wildman–Crippen MR) is 81.1 cm³/mol. The van der Waals surface area contributed by atoms with Crippen LogP contribution in [0, 0.1) is 6.92 Å². The molecule has 2 rings (SSSR count). The van der Waals surface area contributed by atoms with Gasteiger partial charge in [-0.05, 0) is 26.0 Å². The summed E-state index contributed by atoms with van der Waals surface area (Å²) in [7, 11) is 0. The zero-order valence-electron chi connectivity index (χ0n) is 11.3. The summed E-state index contributed by atoms with van der Waals surface area (Å²) < 4.78 is 5.47. The Balaban J connectivity index is 1.94. The van der Waals surface area contributed by atoms with Crippen molar-refractivity contribution in [2.75, 3.05) is 24.2 Å². The molecule has 0 spiro atoms. The summed E-state index contributed by atoms with van der Waals surface area (Å²) in [5, 5.41) is 6.54. The average Bonchev–Trinajstić information content (AvgIpc) is 2.80. The van der Waals surface area contributed by atoms with Crippen molar-refractivity contribution in [2.45, 2.75) is 20.3 Å². The van der Waals surface area contributed by atoms with Crippen molar-refractivity contribution in [1.82, 2.24) is 4.98 Å². The fourth-order valence-corrected chi connectivity index (χ4v) is 2.58. The van der Waals surface area contributed by atoms with Crippen LogP contribution in [0.25, 0.3) is 0 Å². The van der Waals surface area contributed by atoms with E-state index in [0.29, 0.717) is 12.3 Å². The van der Waals surface area contributed by atoms with E-state index in [2.05, 4.69) is 15.7 Å². The first-order valence-corrected chi connectivity index (χ1v) is 7.25. The predicted octanol–water partition coefficient (Wildman–Crippen LogP) is 3.09. The van der Waals surface area contributed by atoms with E-state index in [9.17, 15) is 0 Å². The van der Waals surface area contributed by atoms with Gasteiger partial charge in [-0.15, -0.1) is 11.3 Å². The Morgan fingerprint density at radius 3 is 2.95 bits per heavy atom. The maximum absolute atomic E-state index is 6.05. The number of aryl methyl sites for hydroxylation is 1. The smallest absolute Gasteiger partial charge is 0.144 e. The number of benzene rings is 1. The standard InChI is InChI=1S/C14H19N3OS/c1-3-18-12-6-4-5-11(14(12)15)16-8-7-13-17-10(2)9-19-13/h4-6,9,16H,3,7-8,15H2,1-2H3. The number of nitrogen functional groups attached to an aromatic ring is 1. The lowest BCUT2D eigenvalue weighted by atomic mass is 10.2. The maximum atomic E-state index is 6.05. The van der Waals surface area contributed by atoms with Crippen LogP contribution in [-0.2, 0) is 6.42 Å². The quantitative estimate of drug-likeness (QED) is 0.797. The van der Waals surface area contributed by atoms with Crippen LogP contribution in [0.1, 0.15) is 17.6 Å². The molecule has 0 aliphatic heterocycles. The molecule has 0 saturated heterocycles. The van der Waals surface area contributed by atoms with Crippen molar-refractivity contribution in [3.8, 4) is 5.75 Å². The van der Waals surface area contributed by atoms with Crippen LogP contribution in [0.5, 0.6) is 5.75 Å². The third-order valence-electron chi connectivity index (χ3n) is 2.69. The van der Waals surface area contributed by atoms with E-state index in [1.165, 1.54) is 0 Å². The van der Waals surface area contributed by atoms with E-state index in [4.69, 9.17) is 10.5 Å². The first-order chi connectivity index (χ1) is 9.20. The number of hydrogen-bond acceptors (Lipinski definition) is 5. The number of nitrogens with one attached hydrogen (secondary N) is 1. The molecular weight excluding hydrogens is 258 g/mol. The average molecular weight is 277 g/mol. The Kier molecular flexibility index (Phi) is 4.63. The summed E-state index contributed by atoms with van der Waals surface area (Å²) in [5.74, 6) is 0.734. The van der Waals surface area contributed by atoms with Crippen LogP contribution in [-0.4, -0.2) is 18.1 Å². The molecule has 1 heterocycles. The number of ether oxygens (including phenoxy) is 1. The number of nitrogens with zero attached hydrogens (tertiary/aromatic N) is 1. The Labute approximate surface area is 117 Å². The van der Waals surface area contributed by atoms with Crippen molar-refractivity contribution in [3.05, 3.63) is 34.3 Å². The molecule has 2 aromatic rings. The Hall–Kier alpha value is -1.75. The monoisotopic (exact) mass is 277 g/mol. The topological polar surface area (TPSA) is 60.2 Å². The SMILES string of the molecule is CCOc1cccc(NCCc2nc(C)cs2)c1N. The largest absolute Gasteiger partial charge is 0.492 e. The van der Waals surface area contributed by atoms with Crippen molar-refractivity contribution in [2.24, 2.45) is 0 Å². The maximum Gasteiger partial charge on any atom is 0.144 e. The molecule has 0 fully saturated rings. The lowest BCUT2D eigenvalue weighted by molar-refractivity contribution is 0.342. The number of thiazole rings is 1. The molecule has 1 aromatic carbocycles. The molecule has 0 unspecified atom stereocenters. The van der Waals surface area contributed by atoms with Crippen molar-refractivity contribution in [1.29, 1.82) is 0 Å². The Morgan fingerprint density at radius 2 is 2.26 bits per heavy atom. The molecule has 0 radical (unpaired) electrons. The normalized spacial score (nSPS) is 10.4. The zero-order valence-corrected chi connectivity index (χ0v) is 12.1. The highest BCUT2D eigenvalue weighted by Crippen LogP contribution is 2.29. The molecule has 0 atom stereocenters. The first kappa shape index (κ1) is 13.7. The second-order valence-electron chi connectivity index (χ2n) is 4.21. The summed E-state index contributed by atoms with van der Waals surface area (Å²) in [4.78, 5) is 4.43. The third-order valence-corrected chi connectivity index (χ3v) is 3.71. The van der Waals surface area contributed by atoms with Gasteiger partial charge < -0.3 is 15.8 Å². The van der Waals surface area contributed by atoms with Gasteiger partial charge in [-0.1, -0.05) is 6.07 Å². The van der Waals surface area contributed by atoms with Crippen molar-refractivity contribution in [3.63, 3.8) is 0 Å². The summed E-state index contributed by atoms with van der Waals surface area (Å²) in [6, 6.07) is 5.79. The van der Waals surface area contributed by atoms with Gasteiger partial charge in [0.05, 0.1) is 23.0 Å². The number of aromatic nitrogens is 1. The Morgan fingerprint density at radius 1 is 1.42 bits per heavy atom. The number of hydrogen-bond donors (Lipinski definition) is 2. The van der Waals surface area contributed by atoms with Crippen LogP contribution in [0.3, 0.4) is 0 Å². The van der Waals surface area contributed by atoms with E-state index in [1.54, 1.807) is 11.3 Å². The highest BCUT2D eigenvalue weighted by atomic mass is 32.1. The van der Waals surface area contributed by atoms with E-state index in [1.807, 2.05) is 32.0 Å². The van der Waals surface area contributed by atoms with Crippen LogP contribution in [0.2, 0.25) is 0 Å². The molecule has 0 bridgehead atoms. The van der Waals surface area contributed by atoms with Gasteiger partial charge in [-0.3, -0.25) is 0 Å². The van der Waals surface area contributed by atoms with Gasteiger partial charge >= 0.3 is 0 Å². The number of anilines is 2. The first-order valence-electron chi connectivity index (χ1n) is 6.37. The number of rotatable bonds is 6. The summed E-state index contributed by atoms with van der Waals surface area (Å²) in [6.45, 7) is 5.39. The molecule has 102 valence electrons. The fourth-order valence-electron chi connectivity index (χ4n) is 1.80. The number of nitrogens with two attached hydrogens (primary N) is 1. The zero-order chi connectivity index (χ0) is 13.7. The lowest BCUT2D eigenvalue weighted by Crippen LogP contribution is -2.08. The molecule has 0 amide bonds. The summed E-state index contributed by atoms with van der Waals surface area (Å²) in [6.07, 6.45) is 0.900. The van der Waals surface area contributed by atoms with Crippen LogP contribution >= 0.6 is 11.3 Å². The van der Waals surface area contributed by atoms with Gasteiger partial charge in [-0.25, -0.2) is 4.98 Å². The van der Waals surface area contributed by atoms with E-state index in [-0.39, 0.29) is 0 Å². The number of para-hydroxylation sites is 1. The molecular formula is C14H19N3OS. The molecule has 3 N–H and O–H groups in total. The highest BCUT2D eigenvalue weighted by molar-refractivity contribution is 7.09. The molecule has 1 aromatic heterocycles. The van der Waals surface area contributed by atoms with Gasteiger partial charge in [-0.2, -0.15) is 0 Å². The lowest BCUT2D eigenvalue weighted by Gasteiger charge is -2.12. The van der Waals surface area contributed by atoms with E-state index >= 15 is 0 Å². The minimum absolute atomic E-state index is 0.617. The minimum Gasteiger partial charge on any atom is -0.492 e. The second kappa shape index (κ2) is 6.43. The van der Waals surface area contributed by atoms with E-state index in [0.717, 1.165) is 35.1 Å². The second-order valence-corrected chi connectivity index (χ2v) is 5.15. The van der Waals surface area contributed by atoms with Crippen LogP contribution in [0.4, 0.5) is 11.4 Å². The Bertz CT molecular complexity index is 539. The van der Waals surface area contributed by atoms with E-state index < -0.39 is 0 Å². The van der Waals surface area contributed by atoms with Gasteiger partial charge in [0.1, 0.15) is 5.75 Å². The van der Waals surface area contributed by atoms with Gasteiger partial charge in [0.25, 0.3) is 0 Å². The van der Waals surface area contributed by atoms with Crippen LogP contribution in [0.15, 0.2) is 23.6 Å². The molecule has 0 aliphatic rings. The van der Waals surface area contributed by atoms with Gasteiger partial charge in [0.15, 0.2) is 0 Å². The van der Waals surface area contributed by atoms with Gasteiger partial charge in [0, 0.05) is 24.0 Å². The molecule has 4 nitrogen and oxygen atoms in total. The molecule has 0 saturated carbocycles. The van der Waals surface area contributed by atoms with Crippen LogP contribution < -0.4 is 15.8 Å². The summed E-state index contributed by atoms with van der Waals surface area (Å²) >= 11 is 1.69. The fraction of sp³-hybridized carbons (Fsp3) is 0.357. The third kappa shape index (κ3) is 3.61. The minimum atomic E-state index is 0.617. The highest BCUT2D eigenvalue weighted by Gasteiger charge is 2.05. The van der Waals surface area contributed by atoms with Crippen molar-refractivity contribution < 1.29 is 4.74 Å². The summed E-state index contributed by atoms with van der Waals surface area (Å²) in [5.41, 5.74) is 8.72. The van der Waals surface area contributed by atoms with Gasteiger partial charge in [0.2, 0.25) is 0 Å². The molecule has 0 aliphatic carbocycles. The van der Waals surface area contributed by atoms with Crippen molar-refractivity contribution >= 4 is 22.7 Å².